The van der Waals surface area contributed by atoms with Crippen LogP contribution >= 0.6 is 0 Å². The maximum absolute atomic E-state index is 6.08. The normalized spacial score (nSPS) is 14.2. The maximum Gasteiger partial charge on any atom is 0.134 e. The van der Waals surface area contributed by atoms with E-state index in [1.807, 2.05) is 31.2 Å². The van der Waals surface area contributed by atoms with Gasteiger partial charge in [-0.3, -0.25) is 0 Å². The zero-order valence-corrected chi connectivity index (χ0v) is 12.6. The number of ether oxygens (including phenoxy) is 1. The average Bonchev–Trinajstić information content (AvgIpc) is 3.33. The zero-order chi connectivity index (χ0) is 14.8. The maximum atomic E-state index is 6.08. The van der Waals surface area contributed by atoms with Gasteiger partial charge in [-0.2, -0.15) is 0 Å². The van der Waals surface area contributed by atoms with Crippen molar-refractivity contribution in [2.45, 2.75) is 39.0 Å². The number of nitrogens with zero attached hydrogens (tertiary/aromatic N) is 2. The van der Waals surface area contributed by atoms with Crippen molar-refractivity contribution in [1.29, 1.82) is 0 Å². The van der Waals surface area contributed by atoms with E-state index in [1.54, 1.807) is 0 Å². The summed E-state index contributed by atoms with van der Waals surface area (Å²) >= 11 is 0. The molecule has 1 aromatic heterocycles. The van der Waals surface area contributed by atoms with Gasteiger partial charge < -0.3 is 10.5 Å². The van der Waals surface area contributed by atoms with Crippen LogP contribution < -0.4 is 10.5 Å². The molecule has 2 aromatic rings. The summed E-state index contributed by atoms with van der Waals surface area (Å²) in [6, 6.07) is 8.01. The van der Waals surface area contributed by atoms with Crippen LogP contribution in [0.5, 0.6) is 5.75 Å². The average molecular weight is 283 g/mol. The molecule has 1 fully saturated rings. The molecule has 21 heavy (non-hydrogen) atoms. The monoisotopic (exact) mass is 283 g/mol. The Balaban J connectivity index is 2.07. The van der Waals surface area contributed by atoms with Gasteiger partial charge in [0.1, 0.15) is 17.4 Å². The number of aromatic nitrogens is 2. The molecule has 0 atom stereocenters. The van der Waals surface area contributed by atoms with Crippen molar-refractivity contribution in [2.24, 2.45) is 0 Å². The SMILES string of the molecule is CCCOc1ccccc1-c1nc(C2CC2)nc(N)c1C. The highest BCUT2D eigenvalue weighted by Crippen LogP contribution is 2.40. The lowest BCUT2D eigenvalue weighted by Gasteiger charge is -2.14. The number of nitrogens with two attached hydrogens (primary N) is 1. The molecule has 0 unspecified atom stereocenters. The van der Waals surface area contributed by atoms with Crippen molar-refractivity contribution in [3.8, 4) is 17.0 Å². The molecule has 1 saturated carbocycles. The highest BCUT2D eigenvalue weighted by Gasteiger charge is 2.28. The smallest absolute Gasteiger partial charge is 0.134 e. The molecule has 3 rings (SSSR count). The third-order valence-electron chi connectivity index (χ3n) is 3.75. The molecule has 0 spiro atoms. The van der Waals surface area contributed by atoms with Gasteiger partial charge in [-0.15, -0.1) is 0 Å². The van der Waals surface area contributed by atoms with Crippen molar-refractivity contribution in [1.82, 2.24) is 9.97 Å². The number of nitrogen functional groups attached to an aromatic ring is 1. The first-order valence-electron chi connectivity index (χ1n) is 7.57. The number of rotatable bonds is 5. The van der Waals surface area contributed by atoms with Crippen LogP contribution in [-0.4, -0.2) is 16.6 Å². The molecule has 1 aliphatic carbocycles. The molecule has 0 saturated heterocycles. The summed E-state index contributed by atoms with van der Waals surface area (Å²) in [5, 5.41) is 0. The van der Waals surface area contributed by atoms with E-state index in [4.69, 9.17) is 15.5 Å². The van der Waals surface area contributed by atoms with Gasteiger partial charge in [0.05, 0.1) is 12.3 Å². The summed E-state index contributed by atoms with van der Waals surface area (Å²) in [6.07, 6.45) is 3.30. The van der Waals surface area contributed by atoms with Crippen LogP contribution in [0.2, 0.25) is 0 Å². The molecular weight excluding hydrogens is 262 g/mol. The lowest BCUT2D eigenvalue weighted by Crippen LogP contribution is -2.05. The second kappa shape index (κ2) is 5.72. The number of para-hydroxylation sites is 1. The lowest BCUT2D eigenvalue weighted by molar-refractivity contribution is 0.318. The van der Waals surface area contributed by atoms with Crippen molar-refractivity contribution < 1.29 is 4.74 Å². The van der Waals surface area contributed by atoms with Crippen LogP contribution in [0.3, 0.4) is 0 Å². The predicted molar refractivity (Wildman–Crippen MR) is 84.4 cm³/mol. The molecular formula is C17H21N3O. The van der Waals surface area contributed by atoms with Crippen molar-refractivity contribution in [2.75, 3.05) is 12.3 Å². The number of anilines is 1. The molecule has 1 aromatic carbocycles. The summed E-state index contributed by atoms with van der Waals surface area (Å²) in [4.78, 5) is 9.20. The van der Waals surface area contributed by atoms with E-state index < -0.39 is 0 Å². The van der Waals surface area contributed by atoms with Gasteiger partial charge in [-0.05, 0) is 38.3 Å². The van der Waals surface area contributed by atoms with E-state index in [-0.39, 0.29) is 0 Å². The molecule has 110 valence electrons. The van der Waals surface area contributed by atoms with Crippen molar-refractivity contribution >= 4 is 5.82 Å². The van der Waals surface area contributed by atoms with Gasteiger partial charge in [-0.25, -0.2) is 9.97 Å². The van der Waals surface area contributed by atoms with Gasteiger partial charge in [0.25, 0.3) is 0 Å². The second-order valence-electron chi connectivity index (χ2n) is 5.56. The van der Waals surface area contributed by atoms with E-state index >= 15 is 0 Å². The third kappa shape index (κ3) is 2.84. The fourth-order valence-corrected chi connectivity index (χ4v) is 2.34. The summed E-state index contributed by atoms with van der Waals surface area (Å²) in [7, 11) is 0. The Hall–Kier alpha value is -2.10. The minimum atomic E-state index is 0.482. The summed E-state index contributed by atoms with van der Waals surface area (Å²) < 4.78 is 5.85. The Bertz CT molecular complexity index is 650. The molecule has 0 radical (unpaired) electrons. The van der Waals surface area contributed by atoms with E-state index in [0.29, 0.717) is 18.3 Å². The molecule has 0 amide bonds. The fraction of sp³-hybridized carbons (Fsp3) is 0.412. The first kappa shape index (κ1) is 13.9. The lowest BCUT2D eigenvalue weighted by atomic mass is 10.1. The topological polar surface area (TPSA) is 61.0 Å². The molecule has 2 N–H and O–H groups in total. The predicted octanol–water partition coefficient (Wildman–Crippen LogP) is 3.70. The van der Waals surface area contributed by atoms with Crippen LogP contribution in [0.4, 0.5) is 5.82 Å². The Morgan fingerprint density at radius 1 is 1.24 bits per heavy atom. The Kier molecular flexibility index (Phi) is 3.78. The highest BCUT2D eigenvalue weighted by molar-refractivity contribution is 5.72. The minimum absolute atomic E-state index is 0.482. The van der Waals surface area contributed by atoms with Crippen LogP contribution in [-0.2, 0) is 0 Å². The van der Waals surface area contributed by atoms with Gasteiger partial charge in [0.2, 0.25) is 0 Å². The second-order valence-corrected chi connectivity index (χ2v) is 5.56. The van der Waals surface area contributed by atoms with E-state index in [9.17, 15) is 0 Å². The summed E-state index contributed by atoms with van der Waals surface area (Å²) in [6.45, 7) is 4.77. The fourth-order valence-electron chi connectivity index (χ4n) is 2.34. The van der Waals surface area contributed by atoms with E-state index in [1.165, 1.54) is 0 Å². The first-order valence-corrected chi connectivity index (χ1v) is 7.57. The van der Waals surface area contributed by atoms with Gasteiger partial charge in [-0.1, -0.05) is 19.1 Å². The standard InChI is InChI=1S/C17H21N3O/c1-3-10-21-14-7-5-4-6-13(14)15-11(2)16(18)20-17(19-15)12-8-9-12/h4-7,12H,3,8-10H2,1-2H3,(H2,18,19,20). The van der Waals surface area contributed by atoms with E-state index in [2.05, 4.69) is 11.9 Å². The Morgan fingerprint density at radius 3 is 2.71 bits per heavy atom. The van der Waals surface area contributed by atoms with Crippen LogP contribution in [0.1, 0.15) is 43.5 Å². The molecule has 1 aliphatic rings. The zero-order valence-electron chi connectivity index (χ0n) is 12.6. The van der Waals surface area contributed by atoms with Crippen molar-refractivity contribution in [3.63, 3.8) is 0 Å². The van der Waals surface area contributed by atoms with E-state index in [0.717, 1.165) is 47.7 Å². The third-order valence-corrected chi connectivity index (χ3v) is 3.75. The molecule has 0 aliphatic heterocycles. The molecule has 4 heteroatoms. The molecule has 1 heterocycles. The van der Waals surface area contributed by atoms with Gasteiger partial charge in [0, 0.05) is 17.0 Å². The Labute approximate surface area is 125 Å². The first-order chi connectivity index (χ1) is 10.2. The van der Waals surface area contributed by atoms with Crippen molar-refractivity contribution in [3.05, 3.63) is 35.7 Å². The van der Waals surface area contributed by atoms with Crippen LogP contribution in [0, 0.1) is 6.92 Å². The largest absolute Gasteiger partial charge is 0.493 e. The summed E-state index contributed by atoms with van der Waals surface area (Å²) in [5.74, 6) is 2.79. The van der Waals surface area contributed by atoms with Gasteiger partial charge in [0.15, 0.2) is 0 Å². The number of hydrogen-bond acceptors (Lipinski definition) is 4. The number of hydrogen-bond donors (Lipinski definition) is 1. The molecule has 0 bridgehead atoms. The highest BCUT2D eigenvalue weighted by atomic mass is 16.5. The quantitative estimate of drug-likeness (QED) is 0.909. The molecule has 4 nitrogen and oxygen atoms in total. The van der Waals surface area contributed by atoms with Crippen LogP contribution in [0.25, 0.3) is 11.3 Å². The minimum Gasteiger partial charge on any atom is -0.493 e. The van der Waals surface area contributed by atoms with Crippen LogP contribution in [0.15, 0.2) is 24.3 Å². The number of benzene rings is 1. The van der Waals surface area contributed by atoms with Gasteiger partial charge >= 0.3 is 0 Å². The summed E-state index contributed by atoms with van der Waals surface area (Å²) in [5.41, 5.74) is 8.90. The Morgan fingerprint density at radius 2 is 2.00 bits per heavy atom.